The van der Waals surface area contributed by atoms with Crippen LogP contribution in [-0.4, -0.2) is 18.8 Å². The molecule has 2 heterocycles. The zero-order valence-electron chi connectivity index (χ0n) is 15.6. The summed E-state index contributed by atoms with van der Waals surface area (Å²) in [6.07, 6.45) is 1.97. The lowest BCUT2D eigenvalue weighted by molar-refractivity contribution is 0.352. The van der Waals surface area contributed by atoms with Crippen LogP contribution in [0.2, 0.25) is 0 Å². The molecule has 3 aromatic rings. The molecule has 2 aromatic carbocycles. The van der Waals surface area contributed by atoms with Crippen LogP contribution in [0.4, 0.5) is 0 Å². The highest BCUT2D eigenvalue weighted by atomic mass is 127. The monoisotopic (exact) mass is 487 g/mol. The number of rotatable bonds is 3. The maximum atomic E-state index is 9.80. The average Bonchev–Trinajstić information content (AvgIpc) is 3.07. The lowest BCUT2D eigenvalue weighted by Gasteiger charge is -2.27. The lowest BCUT2D eigenvalue weighted by Crippen LogP contribution is -2.21. The number of nitriles is 1. The van der Waals surface area contributed by atoms with Gasteiger partial charge in [0.2, 0.25) is 5.88 Å². The van der Waals surface area contributed by atoms with Crippen LogP contribution in [0.15, 0.2) is 48.0 Å². The first-order valence-corrected chi connectivity index (χ1v) is 9.65. The minimum atomic E-state index is -0.355. The molecule has 2 N–H and O–H groups in total. The normalized spacial score (nSPS) is 15.8. The van der Waals surface area contributed by atoms with Gasteiger partial charge in [-0.15, -0.1) is 0 Å². The standard InChI is InChI=1S/C21H18IN3O3/c1-25-7-6-12-16(25)5-4-13-18(14(10-23)21(24)28-19(12)13)11-8-15(22)20(27-3)17(9-11)26-2/h4-9,18H,24H2,1-3H3. The van der Waals surface area contributed by atoms with Gasteiger partial charge in [0.1, 0.15) is 17.4 Å². The van der Waals surface area contributed by atoms with Crippen LogP contribution in [-0.2, 0) is 7.05 Å². The molecule has 1 atom stereocenters. The van der Waals surface area contributed by atoms with Gasteiger partial charge < -0.3 is 24.5 Å². The van der Waals surface area contributed by atoms with E-state index in [2.05, 4.69) is 28.7 Å². The Hall–Kier alpha value is -2.86. The summed E-state index contributed by atoms with van der Waals surface area (Å²) in [5.74, 6) is 1.72. The summed E-state index contributed by atoms with van der Waals surface area (Å²) >= 11 is 2.20. The Balaban J connectivity index is 2.00. The summed E-state index contributed by atoms with van der Waals surface area (Å²) in [6, 6.07) is 12.1. The maximum absolute atomic E-state index is 9.80. The van der Waals surface area contributed by atoms with Crippen LogP contribution in [0, 0.1) is 14.9 Å². The van der Waals surface area contributed by atoms with Crippen molar-refractivity contribution in [1.82, 2.24) is 4.57 Å². The Morgan fingerprint density at radius 3 is 2.68 bits per heavy atom. The molecule has 142 valence electrons. The van der Waals surface area contributed by atoms with E-state index in [0.717, 1.165) is 25.6 Å². The summed E-state index contributed by atoms with van der Waals surface area (Å²) in [4.78, 5) is 0. The second-order valence-corrected chi connectivity index (χ2v) is 7.67. The van der Waals surface area contributed by atoms with Crippen molar-refractivity contribution in [2.45, 2.75) is 5.92 Å². The number of ether oxygens (including phenoxy) is 3. The molecule has 0 amide bonds. The number of nitrogens with two attached hydrogens (primary N) is 1. The van der Waals surface area contributed by atoms with Crippen molar-refractivity contribution in [1.29, 1.82) is 5.26 Å². The van der Waals surface area contributed by atoms with Crippen molar-refractivity contribution in [3.05, 3.63) is 62.7 Å². The van der Waals surface area contributed by atoms with Gasteiger partial charge in [0.15, 0.2) is 11.5 Å². The first-order chi connectivity index (χ1) is 13.5. The van der Waals surface area contributed by atoms with Gasteiger partial charge in [0, 0.05) is 24.2 Å². The Labute approximate surface area is 176 Å². The summed E-state index contributed by atoms with van der Waals surface area (Å²) < 4.78 is 19.8. The first-order valence-electron chi connectivity index (χ1n) is 8.57. The van der Waals surface area contributed by atoms with E-state index in [4.69, 9.17) is 19.9 Å². The van der Waals surface area contributed by atoms with Crippen molar-refractivity contribution < 1.29 is 14.2 Å². The zero-order valence-corrected chi connectivity index (χ0v) is 17.8. The van der Waals surface area contributed by atoms with Crippen molar-refractivity contribution in [2.75, 3.05) is 14.2 Å². The van der Waals surface area contributed by atoms with Crippen LogP contribution in [0.3, 0.4) is 0 Å². The summed E-state index contributed by atoms with van der Waals surface area (Å²) in [5, 5.41) is 10.8. The van der Waals surface area contributed by atoms with Gasteiger partial charge in [0.25, 0.3) is 0 Å². The summed E-state index contributed by atoms with van der Waals surface area (Å²) in [5.41, 5.74) is 9.37. The molecule has 6 nitrogen and oxygen atoms in total. The summed E-state index contributed by atoms with van der Waals surface area (Å²) in [7, 11) is 5.18. The SMILES string of the molecule is COc1cc(C2C(C#N)=C(N)Oc3c2ccc2c3ccn2C)cc(I)c1OC. The first kappa shape index (κ1) is 18.5. The van der Waals surface area contributed by atoms with Gasteiger partial charge in [-0.1, -0.05) is 6.07 Å². The van der Waals surface area contributed by atoms with Crippen LogP contribution in [0.25, 0.3) is 10.9 Å². The molecule has 0 bridgehead atoms. The van der Waals surface area contributed by atoms with Crippen molar-refractivity contribution in [2.24, 2.45) is 12.8 Å². The molecule has 0 radical (unpaired) electrons. The highest BCUT2D eigenvalue weighted by Crippen LogP contribution is 2.47. The molecule has 0 fully saturated rings. The molecule has 0 saturated heterocycles. The minimum absolute atomic E-state index is 0.126. The molecular weight excluding hydrogens is 469 g/mol. The van der Waals surface area contributed by atoms with E-state index in [9.17, 15) is 5.26 Å². The Kier molecular flexibility index (Phi) is 4.59. The van der Waals surface area contributed by atoms with E-state index in [1.54, 1.807) is 14.2 Å². The molecule has 28 heavy (non-hydrogen) atoms. The second-order valence-electron chi connectivity index (χ2n) is 6.51. The molecule has 1 aromatic heterocycles. The Bertz CT molecular complexity index is 1170. The smallest absolute Gasteiger partial charge is 0.205 e. The number of nitrogens with zero attached hydrogens (tertiary/aromatic N) is 2. The lowest BCUT2D eigenvalue weighted by atomic mass is 9.83. The van der Waals surface area contributed by atoms with E-state index in [-0.39, 0.29) is 11.8 Å². The number of aromatic nitrogens is 1. The maximum Gasteiger partial charge on any atom is 0.205 e. The van der Waals surface area contributed by atoms with Crippen molar-refractivity contribution in [3.63, 3.8) is 0 Å². The predicted molar refractivity (Wildman–Crippen MR) is 114 cm³/mol. The Morgan fingerprint density at radius 2 is 2.00 bits per heavy atom. The topological polar surface area (TPSA) is 82.4 Å². The quantitative estimate of drug-likeness (QED) is 0.565. The van der Waals surface area contributed by atoms with Gasteiger partial charge in [0.05, 0.1) is 29.2 Å². The summed E-state index contributed by atoms with van der Waals surface area (Å²) in [6.45, 7) is 0. The van der Waals surface area contributed by atoms with Gasteiger partial charge >= 0.3 is 0 Å². The largest absolute Gasteiger partial charge is 0.493 e. The van der Waals surface area contributed by atoms with Crippen LogP contribution in [0.1, 0.15) is 17.0 Å². The number of benzene rings is 2. The fourth-order valence-electron chi connectivity index (χ4n) is 3.72. The molecular formula is C21H18IN3O3. The van der Waals surface area contributed by atoms with Crippen LogP contribution in [0.5, 0.6) is 17.2 Å². The fraction of sp³-hybridized carbons (Fsp3) is 0.190. The highest BCUT2D eigenvalue weighted by molar-refractivity contribution is 14.1. The van der Waals surface area contributed by atoms with Crippen molar-refractivity contribution in [3.8, 4) is 23.3 Å². The number of hydrogen-bond donors (Lipinski definition) is 1. The molecule has 1 aliphatic rings. The Morgan fingerprint density at radius 1 is 1.21 bits per heavy atom. The molecule has 0 spiro atoms. The van der Waals surface area contributed by atoms with E-state index in [1.165, 1.54) is 0 Å². The fourth-order valence-corrected chi connectivity index (χ4v) is 4.56. The van der Waals surface area contributed by atoms with Crippen LogP contribution >= 0.6 is 22.6 Å². The number of fused-ring (bicyclic) bond motifs is 3. The molecule has 7 heteroatoms. The third-order valence-corrected chi connectivity index (χ3v) is 5.84. The van der Waals surface area contributed by atoms with E-state index >= 15 is 0 Å². The molecule has 1 aliphatic heterocycles. The third kappa shape index (κ3) is 2.67. The molecule has 0 aliphatic carbocycles. The van der Waals surface area contributed by atoms with Gasteiger partial charge in [-0.3, -0.25) is 0 Å². The number of halogens is 1. The van der Waals surface area contributed by atoms with Gasteiger partial charge in [-0.2, -0.15) is 5.26 Å². The van der Waals surface area contributed by atoms with E-state index < -0.39 is 0 Å². The zero-order chi connectivity index (χ0) is 20.0. The number of allylic oxidation sites excluding steroid dienone is 1. The van der Waals surface area contributed by atoms with Gasteiger partial charge in [-0.05, 0) is 52.4 Å². The van der Waals surface area contributed by atoms with Crippen molar-refractivity contribution >= 4 is 33.5 Å². The third-order valence-electron chi connectivity index (χ3n) is 5.04. The highest BCUT2D eigenvalue weighted by Gasteiger charge is 2.33. The van der Waals surface area contributed by atoms with Gasteiger partial charge in [-0.25, -0.2) is 0 Å². The molecule has 4 rings (SSSR count). The molecule has 1 unspecified atom stereocenters. The van der Waals surface area contributed by atoms with Crippen LogP contribution < -0.4 is 19.9 Å². The minimum Gasteiger partial charge on any atom is -0.493 e. The van der Waals surface area contributed by atoms with E-state index in [1.807, 2.05) is 48.1 Å². The number of hydrogen-bond acceptors (Lipinski definition) is 5. The molecule has 0 saturated carbocycles. The average molecular weight is 487 g/mol. The number of methoxy groups -OCH3 is 2. The van der Waals surface area contributed by atoms with E-state index in [0.29, 0.717) is 22.8 Å². The second kappa shape index (κ2) is 6.95. The predicted octanol–water partition coefficient (Wildman–Crippen LogP) is 4.02. The number of aryl methyl sites for hydroxylation is 1.